The zero-order valence-corrected chi connectivity index (χ0v) is 13.7. The van der Waals surface area contributed by atoms with Crippen molar-refractivity contribution in [1.29, 1.82) is 0 Å². The Morgan fingerprint density at radius 3 is 2.73 bits per heavy atom. The van der Waals surface area contributed by atoms with Gasteiger partial charge in [-0.25, -0.2) is 4.39 Å². The third kappa shape index (κ3) is 4.19. The Balaban J connectivity index is 2.14. The third-order valence-electron chi connectivity index (χ3n) is 3.29. The van der Waals surface area contributed by atoms with Gasteiger partial charge in [0.05, 0.1) is 5.41 Å². The highest BCUT2D eigenvalue weighted by Crippen LogP contribution is 2.31. The van der Waals surface area contributed by atoms with Crippen LogP contribution in [-0.2, 0) is 20.7 Å². The summed E-state index contributed by atoms with van der Waals surface area (Å²) in [7, 11) is 0. The monoisotopic (exact) mass is 310 g/mol. The number of hydrogen-bond acceptors (Lipinski definition) is 4. The summed E-state index contributed by atoms with van der Waals surface area (Å²) in [5, 5.41) is 0. The molecule has 1 atom stereocenters. The standard InChI is InChI=1S/C17H23FO4/c1-16(2,3)15(19)20-10-13-9-11-8-12(18)6-7-14(11)22-17(4,5)21-13/h6-8,13H,9-10H2,1-5H3. The van der Waals surface area contributed by atoms with Gasteiger partial charge in [0, 0.05) is 20.3 Å². The van der Waals surface area contributed by atoms with E-state index < -0.39 is 11.2 Å². The van der Waals surface area contributed by atoms with Crippen LogP contribution in [0, 0.1) is 11.2 Å². The highest BCUT2D eigenvalue weighted by atomic mass is 19.1. The first-order valence-electron chi connectivity index (χ1n) is 7.39. The van der Waals surface area contributed by atoms with Gasteiger partial charge in [-0.05, 0) is 44.5 Å². The van der Waals surface area contributed by atoms with E-state index in [4.69, 9.17) is 14.2 Å². The molecule has 1 heterocycles. The predicted molar refractivity (Wildman–Crippen MR) is 80.1 cm³/mol. The van der Waals surface area contributed by atoms with Gasteiger partial charge in [0.1, 0.15) is 24.3 Å². The van der Waals surface area contributed by atoms with Crippen LogP contribution in [-0.4, -0.2) is 24.5 Å². The lowest BCUT2D eigenvalue weighted by atomic mass is 9.97. The molecule has 122 valence electrons. The van der Waals surface area contributed by atoms with Crippen molar-refractivity contribution in [2.75, 3.05) is 6.61 Å². The molecule has 0 bridgehead atoms. The van der Waals surface area contributed by atoms with Crippen molar-refractivity contribution in [3.05, 3.63) is 29.6 Å². The summed E-state index contributed by atoms with van der Waals surface area (Å²) in [6.07, 6.45) is 0.0397. The predicted octanol–water partition coefficient (Wildman–Crippen LogP) is 3.47. The Morgan fingerprint density at radius 2 is 2.09 bits per heavy atom. The van der Waals surface area contributed by atoms with Crippen LogP contribution in [0.25, 0.3) is 0 Å². The van der Waals surface area contributed by atoms with Crippen molar-refractivity contribution in [2.24, 2.45) is 5.41 Å². The van der Waals surface area contributed by atoms with E-state index in [0.29, 0.717) is 17.7 Å². The quantitative estimate of drug-likeness (QED) is 0.785. The number of ether oxygens (including phenoxy) is 3. The van der Waals surface area contributed by atoms with Crippen LogP contribution in [0.2, 0.25) is 0 Å². The smallest absolute Gasteiger partial charge is 0.311 e. The van der Waals surface area contributed by atoms with E-state index in [0.717, 1.165) is 0 Å². The van der Waals surface area contributed by atoms with E-state index in [1.54, 1.807) is 40.7 Å². The van der Waals surface area contributed by atoms with Crippen LogP contribution in [0.15, 0.2) is 18.2 Å². The maximum Gasteiger partial charge on any atom is 0.311 e. The molecular weight excluding hydrogens is 287 g/mol. The Hall–Kier alpha value is -1.62. The molecule has 4 nitrogen and oxygen atoms in total. The fourth-order valence-corrected chi connectivity index (χ4v) is 2.26. The SMILES string of the molecule is CC1(C)Oc2ccc(F)cc2CC(COC(=O)C(C)(C)C)O1. The number of esters is 1. The molecule has 0 spiro atoms. The van der Waals surface area contributed by atoms with Crippen LogP contribution in [0.3, 0.4) is 0 Å². The molecule has 1 aliphatic rings. The van der Waals surface area contributed by atoms with Crippen molar-refractivity contribution >= 4 is 5.97 Å². The van der Waals surface area contributed by atoms with E-state index in [9.17, 15) is 9.18 Å². The fraction of sp³-hybridized carbons (Fsp3) is 0.588. The van der Waals surface area contributed by atoms with Crippen LogP contribution in [0.1, 0.15) is 40.2 Å². The van der Waals surface area contributed by atoms with E-state index in [1.807, 2.05) is 0 Å². The first kappa shape index (κ1) is 16.7. The molecule has 0 amide bonds. The van der Waals surface area contributed by atoms with Gasteiger partial charge in [-0.15, -0.1) is 0 Å². The molecule has 2 rings (SSSR count). The van der Waals surface area contributed by atoms with Gasteiger partial charge in [0.15, 0.2) is 0 Å². The third-order valence-corrected chi connectivity index (χ3v) is 3.29. The second-order valence-corrected chi connectivity index (χ2v) is 7.05. The van der Waals surface area contributed by atoms with Gasteiger partial charge in [-0.3, -0.25) is 4.79 Å². The van der Waals surface area contributed by atoms with E-state index in [-0.39, 0.29) is 24.5 Å². The largest absolute Gasteiger partial charge is 0.463 e. The topological polar surface area (TPSA) is 44.8 Å². The summed E-state index contributed by atoms with van der Waals surface area (Å²) < 4.78 is 30.4. The van der Waals surface area contributed by atoms with Gasteiger partial charge in [0.2, 0.25) is 5.79 Å². The highest BCUT2D eigenvalue weighted by Gasteiger charge is 2.33. The molecule has 0 radical (unpaired) electrons. The first-order chi connectivity index (χ1) is 10.1. The minimum atomic E-state index is -0.873. The molecule has 0 aliphatic carbocycles. The lowest BCUT2D eigenvalue weighted by Crippen LogP contribution is -2.38. The lowest BCUT2D eigenvalue weighted by molar-refractivity contribution is -0.197. The summed E-state index contributed by atoms with van der Waals surface area (Å²) in [4.78, 5) is 11.9. The molecule has 0 N–H and O–H groups in total. The normalized spacial score (nSPS) is 20.5. The Morgan fingerprint density at radius 1 is 1.41 bits per heavy atom. The van der Waals surface area contributed by atoms with Gasteiger partial charge >= 0.3 is 5.97 Å². The minimum Gasteiger partial charge on any atom is -0.463 e. The first-order valence-corrected chi connectivity index (χ1v) is 7.39. The van der Waals surface area contributed by atoms with Crippen molar-refractivity contribution in [3.8, 4) is 5.75 Å². The van der Waals surface area contributed by atoms with Gasteiger partial charge < -0.3 is 14.2 Å². The van der Waals surface area contributed by atoms with Crippen LogP contribution < -0.4 is 4.74 Å². The van der Waals surface area contributed by atoms with E-state index in [2.05, 4.69) is 0 Å². The lowest BCUT2D eigenvalue weighted by Gasteiger charge is -2.28. The van der Waals surface area contributed by atoms with Crippen LogP contribution >= 0.6 is 0 Å². The number of hydrogen-bond donors (Lipinski definition) is 0. The number of carbonyl (C=O) groups excluding carboxylic acids is 1. The molecule has 5 heteroatoms. The maximum atomic E-state index is 13.4. The highest BCUT2D eigenvalue weighted by molar-refractivity contribution is 5.75. The van der Waals surface area contributed by atoms with Crippen molar-refractivity contribution < 1.29 is 23.4 Å². The second-order valence-electron chi connectivity index (χ2n) is 7.05. The summed E-state index contributed by atoms with van der Waals surface area (Å²) in [5.74, 6) is -0.899. The molecule has 0 aromatic heterocycles. The van der Waals surface area contributed by atoms with Gasteiger partial charge in [0.25, 0.3) is 0 Å². The summed E-state index contributed by atoms with van der Waals surface area (Å²) in [6, 6.07) is 4.38. The molecule has 1 aliphatic heterocycles. The molecular formula is C17H23FO4. The van der Waals surface area contributed by atoms with Gasteiger partial charge in [-0.2, -0.15) is 0 Å². The number of rotatable bonds is 2. The van der Waals surface area contributed by atoms with Crippen molar-refractivity contribution in [3.63, 3.8) is 0 Å². The number of fused-ring (bicyclic) bond motifs is 1. The summed E-state index contributed by atoms with van der Waals surface area (Å²) >= 11 is 0. The molecule has 0 saturated carbocycles. The zero-order chi connectivity index (χ0) is 16.5. The summed E-state index contributed by atoms with van der Waals surface area (Å²) in [5.41, 5.74) is 0.142. The average molecular weight is 310 g/mol. The minimum absolute atomic E-state index is 0.110. The molecule has 0 fully saturated rings. The summed E-state index contributed by atoms with van der Waals surface area (Å²) in [6.45, 7) is 9.05. The van der Waals surface area contributed by atoms with Crippen molar-refractivity contribution in [2.45, 2.75) is 52.9 Å². The Kier molecular flexibility index (Phi) is 4.47. The zero-order valence-electron chi connectivity index (χ0n) is 13.7. The molecule has 1 aromatic carbocycles. The maximum absolute atomic E-state index is 13.4. The molecule has 1 aromatic rings. The molecule has 1 unspecified atom stereocenters. The fourth-order valence-electron chi connectivity index (χ4n) is 2.26. The Bertz CT molecular complexity index is 560. The van der Waals surface area contributed by atoms with Crippen LogP contribution in [0.5, 0.6) is 5.75 Å². The molecule has 0 saturated heterocycles. The number of carbonyl (C=O) groups is 1. The number of benzene rings is 1. The van der Waals surface area contributed by atoms with E-state index in [1.165, 1.54) is 12.1 Å². The Labute approximate surface area is 130 Å². The average Bonchev–Trinajstić information content (AvgIpc) is 2.49. The van der Waals surface area contributed by atoms with Crippen LogP contribution in [0.4, 0.5) is 4.39 Å². The van der Waals surface area contributed by atoms with Crippen molar-refractivity contribution in [1.82, 2.24) is 0 Å². The molecule has 22 heavy (non-hydrogen) atoms. The van der Waals surface area contributed by atoms with Gasteiger partial charge in [-0.1, -0.05) is 0 Å². The number of halogens is 1. The second kappa shape index (κ2) is 5.88. The van der Waals surface area contributed by atoms with E-state index >= 15 is 0 Å².